The van der Waals surface area contributed by atoms with Crippen LogP contribution in [0.5, 0.6) is 0 Å². The highest BCUT2D eigenvalue weighted by molar-refractivity contribution is 6.01. The number of carbonyl (C=O) groups excluding carboxylic acids is 13. The Hall–Kier alpha value is -11.8. The molecule has 3 heterocycles. The first-order chi connectivity index (χ1) is 52.3. The van der Waals surface area contributed by atoms with Crippen LogP contribution in [0.1, 0.15) is 148 Å². The topological polar surface area (TPSA) is 792 Å². The van der Waals surface area contributed by atoms with Crippen molar-refractivity contribution in [2.45, 2.75) is 227 Å². The number of nitrogens with zero attached hydrogens (tertiary/aromatic N) is 6. The van der Waals surface area contributed by atoms with Gasteiger partial charge in [0.05, 0.1) is 12.6 Å². The van der Waals surface area contributed by atoms with E-state index in [4.69, 9.17) is 51.0 Å². The second-order valence-corrected chi connectivity index (χ2v) is 26.5. The highest BCUT2D eigenvalue weighted by Crippen LogP contribution is 2.24. The molecule has 0 bridgehead atoms. The van der Waals surface area contributed by atoms with Crippen LogP contribution in [0.15, 0.2) is 15.0 Å². The summed E-state index contributed by atoms with van der Waals surface area (Å²) in [7, 11) is 0. The lowest BCUT2D eigenvalue weighted by Crippen LogP contribution is -2.61. The van der Waals surface area contributed by atoms with Gasteiger partial charge >= 0.3 is 29.8 Å². The van der Waals surface area contributed by atoms with Crippen LogP contribution in [0.25, 0.3) is 0 Å². The number of carboxylic acid groups (broad SMARTS) is 5. The molecular weight excluding hydrogens is 1470 g/mol. The number of likely N-dealkylation sites (tertiary alicyclic amines) is 3. The lowest BCUT2D eigenvalue weighted by molar-refractivity contribution is -0.146. The van der Waals surface area contributed by atoms with E-state index in [9.17, 15) is 112 Å². The first-order valence-electron chi connectivity index (χ1n) is 35.8. The number of rotatable bonds is 50. The van der Waals surface area contributed by atoms with Crippen LogP contribution in [-0.4, -0.2) is 294 Å². The van der Waals surface area contributed by atoms with E-state index < -0.39 is 262 Å². The predicted molar refractivity (Wildman–Crippen MR) is 386 cm³/mol. The molecule has 0 unspecified atom stereocenters. The quantitative estimate of drug-likeness (QED) is 0.0153. The Bertz CT molecular complexity index is 3440. The minimum atomic E-state index is -1.88. The third-order valence-corrected chi connectivity index (χ3v) is 17.8. The van der Waals surface area contributed by atoms with E-state index in [1.165, 1.54) is 6.92 Å². The molecule has 0 aromatic carbocycles. The Balaban J connectivity index is 1.97. The summed E-state index contributed by atoms with van der Waals surface area (Å²) in [5, 5.41) is 80.1. The fourth-order valence-corrected chi connectivity index (χ4v) is 12.1. The van der Waals surface area contributed by atoms with Crippen molar-refractivity contribution in [2.75, 3.05) is 45.9 Å². The van der Waals surface area contributed by atoms with Crippen LogP contribution in [-0.2, 0) is 86.3 Å². The molecule has 3 fully saturated rings. The Kier molecular flexibility index (Phi) is 39.7. The van der Waals surface area contributed by atoms with Gasteiger partial charge in [-0.1, -0.05) is 0 Å². The normalized spacial score (nSPS) is 17.8. The van der Waals surface area contributed by atoms with Crippen LogP contribution in [0.4, 0.5) is 0 Å². The van der Waals surface area contributed by atoms with Crippen molar-refractivity contribution in [1.82, 2.24) is 62.6 Å². The van der Waals surface area contributed by atoms with Gasteiger partial charge in [-0.3, -0.25) is 96.5 Å². The molecule has 0 radical (unpaired) electrons. The maximum absolute atomic E-state index is 14.8. The zero-order chi connectivity index (χ0) is 83.4. The molecule has 0 aromatic rings. The van der Waals surface area contributed by atoms with E-state index in [0.717, 1.165) is 14.7 Å². The second kappa shape index (κ2) is 47.2. The molecule has 0 aromatic heterocycles. The zero-order valence-corrected chi connectivity index (χ0v) is 61.3. The predicted octanol–water partition coefficient (Wildman–Crippen LogP) is -10.4. The Morgan fingerprint density at radius 1 is 0.351 bits per heavy atom. The average Bonchev–Trinajstić information content (AvgIpc) is 1.75. The molecule has 0 aliphatic carbocycles. The van der Waals surface area contributed by atoms with Gasteiger partial charge in [0.25, 0.3) is 0 Å². The number of hydrogen-bond acceptors (Lipinski definition) is 23. The van der Waals surface area contributed by atoms with Crippen LogP contribution in [0.3, 0.4) is 0 Å². The first-order valence-corrected chi connectivity index (χ1v) is 35.8. The van der Waals surface area contributed by atoms with Gasteiger partial charge in [-0.15, -0.1) is 0 Å². The highest BCUT2D eigenvalue weighted by atomic mass is 16.4. The molecule has 13 amide bonds. The summed E-state index contributed by atoms with van der Waals surface area (Å²) in [6.45, 7) is -0.463. The Morgan fingerprint density at radius 3 is 0.901 bits per heavy atom. The molecule has 3 saturated heterocycles. The van der Waals surface area contributed by atoms with Crippen molar-refractivity contribution >= 4 is 125 Å². The maximum Gasteiger partial charge on any atom is 0.326 e. The number of guanidine groups is 3. The van der Waals surface area contributed by atoms with Crippen molar-refractivity contribution < 1.29 is 117 Å². The fourth-order valence-electron chi connectivity index (χ4n) is 12.1. The summed E-state index contributed by atoms with van der Waals surface area (Å²) in [5.41, 5.74) is 44.0. The van der Waals surface area contributed by atoms with E-state index in [0.29, 0.717) is 0 Å². The summed E-state index contributed by atoms with van der Waals surface area (Å²) < 4.78 is 0. The molecular formula is C64H105N23O24. The van der Waals surface area contributed by atoms with Crippen LogP contribution < -0.4 is 93.7 Å². The Morgan fingerprint density at radius 2 is 0.604 bits per heavy atom. The average molecular weight is 1580 g/mol. The minimum absolute atomic E-state index is 0.0259. The van der Waals surface area contributed by atoms with E-state index >= 15 is 0 Å². The van der Waals surface area contributed by atoms with E-state index in [-0.39, 0.29) is 128 Å². The van der Waals surface area contributed by atoms with Gasteiger partial charge in [-0.25, -0.2) is 4.79 Å². The van der Waals surface area contributed by atoms with Crippen molar-refractivity contribution in [3.05, 3.63) is 0 Å². The van der Waals surface area contributed by atoms with Crippen LogP contribution >= 0.6 is 0 Å². The first kappa shape index (κ1) is 93.4. The molecule has 3 aliphatic heterocycles. The lowest BCUT2D eigenvalue weighted by Gasteiger charge is -2.32. The number of aliphatic carboxylic acids is 5. The van der Waals surface area contributed by atoms with Crippen molar-refractivity contribution in [1.29, 1.82) is 0 Å². The molecule has 31 N–H and O–H groups in total. The minimum Gasteiger partial charge on any atom is -0.481 e. The van der Waals surface area contributed by atoms with E-state index in [1.807, 2.05) is 0 Å². The lowest BCUT2D eigenvalue weighted by atomic mass is 10.0. The number of aliphatic hydroxyl groups excluding tert-OH is 1. The van der Waals surface area contributed by atoms with Gasteiger partial charge in [0.1, 0.15) is 72.5 Å². The molecule has 620 valence electrons. The summed E-state index contributed by atoms with van der Waals surface area (Å²) in [5.74, 6) is -21.9. The van der Waals surface area contributed by atoms with Gasteiger partial charge in [0.15, 0.2) is 17.9 Å². The second-order valence-electron chi connectivity index (χ2n) is 26.5. The molecule has 0 spiro atoms. The molecule has 47 nitrogen and oxygen atoms in total. The number of aliphatic imine (C=N–C) groups is 3. The summed E-state index contributed by atoms with van der Waals surface area (Å²) in [6.07, 6.45) is -7.29. The number of amides is 13. The summed E-state index contributed by atoms with van der Waals surface area (Å²) in [6, 6.07) is -20.7. The third kappa shape index (κ3) is 32.9. The molecule has 47 heteroatoms. The van der Waals surface area contributed by atoms with Gasteiger partial charge in [-0.05, 0) is 116 Å². The van der Waals surface area contributed by atoms with Gasteiger partial charge in [-0.2, -0.15) is 0 Å². The number of aliphatic hydroxyl groups is 1. The largest absolute Gasteiger partial charge is 0.481 e. The number of carboxylic acids is 5. The SMILES string of the molecule is C[C@H](N)C(=O)N[C@@H](CCCN=C(N)N)C(=O)N[C@@H](CO)C(=O)N1CCC[C@H]1C(=O)N[C@@H](CCC(=O)O)C(=O)N[C@@H](CCCN=C(N)N)C(=O)N[C@@H](CCC(N)=O)C(=O)N[C@@H](CCC(=O)O)C(=O)N1CCC[C@H]1C(=O)N[C@@H](CCCN=C(N)N)C(=O)N[C@@H](CCC(=O)O)C(=O)N1CCC[C@H]1C(=O)N[C@@H](CCC(=O)O)C(=O)O. The fraction of sp³-hybridized carbons (Fsp3) is 0.672. The number of primary amides is 1. The molecule has 3 rings (SSSR count). The monoisotopic (exact) mass is 1580 g/mol. The van der Waals surface area contributed by atoms with E-state index in [1.54, 1.807) is 0 Å². The van der Waals surface area contributed by atoms with Gasteiger partial charge in [0.2, 0.25) is 76.8 Å². The number of nitrogens with two attached hydrogens (primary N) is 8. The van der Waals surface area contributed by atoms with Crippen molar-refractivity contribution in [3.63, 3.8) is 0 Å². The molecule has 0 saturated carbocycles. The molecule has 13 atom stereocenters. The Labute approximate surface area is 635 Å². The maximum atomic E-state index is 14.8. The zero-order valence-electron chi connectivity index (χ0n) is 61.3. The summed E-state index contributed by atoms with van der Waals surface area (Å²) >= 11 is 0. The summed E-state index contributed by atoms with van der Waals surface area (Å²) in [4.78, 5) is 256. The molecule has 3 aliphatic rings. The van der Waals surface area contributed by atoms with Gasteiger partial charge < -0.3 is 139 Å². The number of hydrogen-bond donors (Lipinski definition) is 23. The van der Waals surface area contributed by atoms with Crippen LogP contribution in [0, 0.1) is 0 Å². The number of carbonyl (C=O) groups is 18. The number of nitrogens with one attached hydrogen (secondary N) is 9. The molecule has 111 heavy (non-hydrogen) atoms. The standard InChI is InChI=1S/C64H105N23O24/c1-31(65)49(98)76-32(8-2-24-73-62(67)68)52(101)84-40(30-88)60(109)87-29-7-12-42(87)56(105)80-36(15-20-45(90)91)53(102)77-33(9-3-25-74-63(69)70)50(99)78-35(14-19-44(66)89)54(103)82-38(17-22-47(94)95)59(108)85-27-5-11-41(85)55(104)79-34(10-4-26-75-64(71)72)51(100)81-37(16-21-46(92)93)58(107)86-28-6-13-43(86)57(106)83-39(61(110)111)18-23-48(96)97/h31-43,88H,2-30,65H2,1H3,(H2,66,89)(H,76,98)(H,77,102)(H,78,99)(H,79,104)(H,80,105)(H,81,100)(H,82,103)(H,83,106)(H,84,101)(H,90,91)(H,92,93)(H,94,95)(H,96,97)(H,110,111)(H4,67,68,73)(H4,69,70,74)(H4,71,72,75)/t31-,32-,33-,34-,35-,36-,37-,38-,39-,40-,41-,42-,43-/m0/s1. The third-order valence-electron chi connectivity index (χ3n) is 17.8. The van der Waals surface area contributed by atoms with Gasteiger partial charge in [0, 0.05) is 71.4 Å². The van der Waals surface area contributed by atoms with Crippen molar-refractivity contribution in [2.24, 2.45) is 60.8 Å². The van der Waals surface area contributed by atoms with Crippen LogP contribution in [0.2, 0.25) is 0 Å². The van der Waals surface area contributed by atoms with Crippen molar-refractivity contribution in [3.8, 4) is 0 Å². The van der Waals surface area contributed by atoms with E-state index in [2.05, 4.69) is 62.8 Å². The smallest absolute Gasteiger partial charge is 0.326 e. The highest BCUT2D eigenvalue weighted by Gasteiger charge is 2.44.